The van der Waals surface area contributed by atoms with Crippen molar-refractivity contribution in [1.82, 2.24) is 0 Å². The fraction of sp³-hybridized carbons (Fsp3) is 0.286. The highest BCUT2D eigenvalue weighted by Crippen LogP contribution is 2.35. The molecule has 33 heavy (non-hydrogen) atoms. The molecule has 0 aliphatic carbocycles. The van der Waals surface area contributed by atoms with Crippen LogP contribution in [0.2, 0.25) is 0 Å². The molecule has 0 amide bonds. The van der Waals surface area contributed by atoms with Crippen LogP contribution in [0.5, 0.6) is 5.75 Å². The van der Waals surface area contributed by atoms with E-state index in [0.717, 1.165) is 18.4 Å². The zero-order valence-corrected chi connectivity index (χ0v) is 18.6. The Labute approximate surface area is 192 Å². The van der Waals surface area contributed by atoms with Gasteiger partial charge in [0.1, 0.15) is 5.82 Å². The van der Waals surface area contributed by atoms with Gasteiger partial charge in [0, 0.05) is 17.7 Å². The van der Waals surface area contributed by atoms with E-state index in [-0.39, 0.29) is 29.8 Å². The predicted octanol–water partition coefficient (Wildman–Crippen LogP) is 7.88. The van der Waals surface area contributed by atoms with Crippen molar-refractivity contribution in [1.29, 1.82) is 0 Å². The number of halogens is 3. The maximum Gasteiger partial charge on any atom is 0.201 e. The van der Waals surface area contributed by atoms with Crippen LogP contribution in [0.15, 0.2) is 67.3 Å². The minimum absolute atomic E-state index is 0.123. The molecule has 0 saturated carbocycles. The summed E-state index contributed by atoms with van der Waals surface area (Å²) in [6.07, 6.45) is 3.81. The quantitative estimate of drug-likeness (QED) is 0.268. The summed E-state index contributed by atoms with van der Waals surface area (Å²) in [5, 5.41) is 0. The monoisotopic (exact) mass is 452 g/mol. The minimum atomic E-state index is -1.02. The first-order chi connectivity index (χ1) is 16.0. The van der Waals surface area contributed by atoms with Gasteiger partial charge in [-0.2, -0.15) is 4.39 Å². The lowest BCUT2D eigenvalue weighted by Gasteiger charge is -2.27. The van der Waals surface area contributed by atoms with Crippen LogP contribution in [0, 0.1) is 23.4 Å². The molecular formula is C28H27F3O2. The largest absolute Gasteiger partial charge is 0.490 e. The van der Waals surface area contributed by atoms with E-state index in [1.807, 2.05) is 6.07 Å². The smallest absolute Gasteiger partial charge is 0.201 e. The summed E-state index contributed by atoms with van der Waals surface area (Å²) in [5.74, 6) is -1.90. The Morgan fingerprint density at radius 1 is 0.939 bits per heavy atom. The maximum absolute atomic E-state index is 14.8. The molecule has 0 radical (unpaired) electrons. The molecule has 3 aromatic rings. The third-order valence-electron chi connectivity index (χ3n) is 6.01. The molecule has 2 nitrogen and oxygen atoms in total. The summed E-state index contributed by atoms with van der Waals surface area (Å²) >= 11 is 0. The molecule has 2 unspecified atom stereocenters. The van der Waals surface area contributed by atoms with Crippen molar-refractivity contribution in [2.24, 2.45) is 5.92 Å². The van der Waals surface area contributed by atoms with Crippen molar-refractivity contribution in [2.75, 3.05) is 13.2 Å². The third kappa shape index (κ3) is 5.14. The molecule has 1 heterocycles. The molecule has 0 N–H and O–H groups in total. The number of ether oxygens (including phenoxy) is 2. The highest BCUT2D eigenvalue weighted by atomic mass is 19.2. The van der Waals surface area contributed by atoms with E-state index in [1.54, 1.807) is 36.4 Å². The van der Waals surface area contributed by atoms with E-state index in [0.29, 0.717) is 35.6 Å². The van der Waals surface area contributed by atoms with Crippen LogP contribution in [0.1, 0.15) is 37.9 Å². The predicted molar refractivity (Wildman–Crippen MR) is 125 cm³/mol. The normalized spacial score (nSPS) is 18.2. The van der Waals surface area contributed by atoms with E-state index < -0.39 is 11.6 Å². The van der Waals surface area contributed by atoms with Crippen LogP contribution in [-0.2, 0) is 4.74 Å². The average Bonchev–Trinajstić information content (AvgIpc) is 2.83. The van der Waals surface area contributed by atoms with Crippen LogP contribution < -0.4 is 4.74 Å². The van der Waals surface area contributed by atoms with Gasteiger partial charge in [-0.05, 0) is 60.1 Å². The van der Waals surface area contributed by atoms with Crippen molar-refractivity contribution < 1.29 is 22.6 Å². The number of rotatable bonds is 7. The summed E-state index contributed by atoms with van der Waals surface area (Å²) in [7, 11) is 0. The molecule has 1 aliphatic rings. The Morgan fingerprint density at radius 3 is 2.33 bits per heavy atom. The second-order valence-electron chi connectivity index (χ2n) is 8.48. The summed E-state index contributed by atoms with van der Waals surface area (Å²) in [5.41, 5.74) is 2.74. The van der Waals surface area contributed by atoms with Crippen LogP contribution in [0.25, 0.3) is 22.3 Å². The Kier molecular flexibility index (Phi) is 7.19. The summed E-state index contributed by atoms with van der Waals surface area (Å²) in [6.45, 7) is 6.58. The number of hydrogen-bond acceptors (Lipinski definition) is 2. The molecular weight excluding hydrogens is 425 g/mol. The molecule has 1 saturated heterocycles. The topological polar surface area (TPSA) is 18.5 Å². The zero-order chi connectivity index (χ0) is 23.4. The minimum Gasteiger partial charge on any atom is -0.490 e. The number of benzene rings is 3. The molecule has 1 aliphatic heterocycles. The van der Waals surface area contributed by atoms with Crippen LogP contribution in [0.3, 0.4) is 0 Å². The molecule has 2 atom stereocenters. The molecule has 0 spiro atoms. The van der Waals surface area contributed by atoms with Gasteiger partial charge in [-0.3, -0.25) is 0 Å². The van der Waals surface area contributed by atoms with Gasteiger partial charge in [-0.15, -0.1) is 6.58 Å². The molecule has 4 rings (SSSR count). The van der Waals surface area contributed by atoms with Gasteiger partial charge in [0.2, 0.25) is 5.82 Å². The first-order valence-corrected chi connectivity index (χ1v) is 11.2. The Morgan fingerprint density at radius 2 is 1.67 bits per heavy atom. The van der Waals surface area contributed by atoms with Crippen molar-refractivity contribution >= 4 is 0 Å². The van der Waals surface area contributed by atoms with Crippen molar-refractivity contribution in [3.8, 4) is 28.0 Å². The molecule has 1 fully saturated rings. The van der Waals surface area contributed by atoms with Gasteiger partial charge >= 0.3 is 0 Å². The second-order valence-corrected chi connectivity index (χ2v) is 8.48. The van der Waals surface area contributed by atoms with Gasteiger partial charge in [0.05, 0.1) is 12.7 Å². The molecule has 0 aromatic heterocycles. The van der Waals surface area contributed by atoms with Gasteiger partial charge in [0.15, 0.2) is 11.6 Å². The lowest BCUT2D eigenvalue weighted by atomic mass is 9.94. The molecule has 5 heteroatoms. The van der Waals surface area contributed by atoms with Gasteiger partial charge < -0.3 is 9.47 Å². The fourth-order valence-corrected chi connectivity index (χ4v) is 4.06. The van der Waals surface area contributed by atoms with Crippen molar-refractivity contribution in [3.63, 3.8) is 0 Å². The Hall–Kier alpha value is -3.05. The third-order valence-corrected chi connectivity index (χ3v) is 6.01. The standard InChI is InChI=1S/C28H27F3O2/c1-3-4-15-32-26-14-12-22(27(30)28(26)31)20-8-6-19(7-9-20)21-10-11-23(24(29)16-21)25-13-5-18(2)17-33-25/h3,6-12,14,16,18,25H,1,4-5,13,15,17H2,2H3. The number of hydrogen-bond donors (Lipinski definition) is 0. The summed E-state index contributed by atoms with van der Waals surface area (Å²) in [6, 6.07) is 15.0. The van der Waals surface area contributed by atoms with E-state index >= 15 is 0 Å². The maximum atomic E-state index is 14.8. The van der Waals surface area contributed by atoms with Crippen LogP contribution in [-0.4, -0.2) is 13.2 Å². The van der Waals surface area contributed by atoms with Gasteiger partial charge in [-0.25, -0.2) is 8.78 Å². The zero-order valence-electron chi connectivity index (χ0n) is 18.6. The lowest BCUT2D eigenvalue weighted by molar-refractivity contribution is -0.0141. The first kappa shape index (κ1) is 23.1. The average molecular weight is 453 g/mol. The van der Waals surface area contributed by atoms with Gasteiger partial charge in [-0.1, -0.05) is 49.4 Å². The fourth-order valence-electron chi connectivity index (χ4n) is 4.06. The van der Waals surface area contributed by atoms with Gasteiger partial charge in [0.25, 0.3) is 0 Å². The Balaban J connectivity index is 1.52. The van der Waals surface area contributed by atoms with E-state index in [9.17, 15) is 13.2 Å². The van der Waals surface area contributed by atoms with E-state index in [4.69, 9.17) is 9.47 Å². The highest BCUT2D eigenvalue weighted by Gasteiger charge is 2.23. The van der Waals surface area contributed by atoms with E-state index in [2.05, 4.69) is 13.5 Å². The SMILES string of the molecule is C=CCCOc1ccc(-c2ccc(-c3ccc(C4CCC(C)CO4)c(F)c3)cc2)c(F)c1F. The second kappa shape index (κ2) is 10.3. The van der Waals surface area contributed by atoms with Crippen molar-refractivity contribution in [3.05, 3.63) is 90.3 Å². The first-order valence-electron chi connectivity index (χ1n) is 11.2. The summed E-state index contributed by atoms with van der Waals surface area (Å²) < 4.78 is 54.9. The molecule has 0 bridgehead atoms. The van der Waals surface area contributed by atoms with E-state index in [1.165, 1.54) is 18.2 Å². The molecule has 3 aromatic carbocycles. The van der Waals surface area contributed by atoms with Crippen molar-refractivity contribution in [2.45, 2.75) is 32.3 Å². The molecule has 172 valence electrons. The highest BCUT2D eigenvalue weighted by molar-refractivity contribution is 5.71. The Bertz CT molecular complexity index is 1120. The summed E-state index contributed by atoms with van der Waals surface area (Å²) in [4.78, 5) is 0. The lowest BCUT2D eigenvalue weighted by Crippen LogP contribution is -2.19. The van der Waals surface area contributed by atoms with Crippen LogP contribution >= 0.6 is 0 Å². The van der Waals surface area contributed by atoms with Crippen LogP contribution in [0.4, 0.5) is 13.2 Å².